The maximum Gasteiger partial charge on any atom is 0.0195 e. The Hall–Kier alpha value is -1.01. The van der Waals surface area contributed by atoms with Gasteiger partial charge in [-0.15, -0.1) is 11.6 Å². The van der Waals surface area contributed by atoms with Crippen LogP contribution in [-0.2, 0) is 6.42 Å². The van der Waals surface area contributed by atoms with Gasteiger partial charge in [0.25, 0.3) is 0 Å². The highest BCUT2D eigenvalue weighted by Gasteiger charge is 1.92. The first-order chi connectivity index (χ1) is 7.31. The molecule has 0 aliphatic carbocycles. The van der Waals surface area contributed by atoms with Crippen LogP contribution in [0, 0.1) is 0 Å². The van der Waals surface area contributed by atoms with Crippen LogP contribution in [0.1, 0.15) is 19.4 Å². The van der Waals surface area contributed by atoms with Crippen molar-refractivity contribution in [2.45, 2.75) is 20.3 Å². The summed E-state index contributed by atoms with van der Waals surface area (Å²) in [6.45, 7) is 4.08. The fourth-order valence-corrected chi connectivity index (χ4v) is 1.46. The third kappa shape index (κ3) is 3.56. The van der Waals surface area contributed by atoms with E-state index in [1.54, 1.807) is 0 Å². The van der Waals surface area contributed by atoms with Crippen molar-refractivity contribution >= 4 is 22.4 Å². The first-order valence-electron chi connectivity index (χ1n) is 5.35. The molecule has 15 heavy (non-hydrogen) atoms. The van der Waals surface area contributed by atoms with Gasteiger partial charge in [-0.25, -0.2) is 0 Å². The van der Waals surface area contributed by atoms with Gasteiger partial charge in [-0.1, -0.05) is 56.3 Å². The Morgan fingerprint density at radius 1 is 0.933 bits per heavy atom. The van der Waals surface area contributed by atoms with E-state index in [0.717, 1.165) is 12.3 Å². The van der Waals surface area contributed by atoms with Crippen molar-refractivity contribution in [2.75, 3.05) is 5.88 Å². The van der Waals surface area contributed by atoms with Crippen molar-refractivity contribution < 1.29 is 0 Å². The number of hydrogen-bond donors (Lipinski definition) is 0. The summed E-state index contributed by atoms with van der Waals surface area (Å²) in [6, 6.07) is 15.1. The summed E-state index contributed by atoms with van der Waals surface area (Å²) in [6.07, 6.45) is 1.12. The average Bonchev–Trinajstić information content (AvgIpc) is 2.29. The predicted molar refractivity (Wildman–Crippen MR) is 69.7 cm³/mol. The molecule has 2 rings (SSSR count). The highest BCUT2D eigenvalue weighted by Crippen LogP contribution is 2.15. The molecular weight excluding hydrogens is 204 g/mol. The Morgan fingerprint density at radius 3 is 2.13 bits per heavy atom. The van der Waals surface area contributed by atoms with Crippen molar-refractivity contribution in [1.82, 2.24) is 0 Å². The fourth-order valence-electron chi connectivity index (χ4n) is 1.46. The quantitative estimate of drug-likeness (QED) is 0.614. The first kappa shape index (κ1) is 12.1. The van der Waals surface area contributed by atoms with Gasteiger partial charge in [-0.3, -0.25) is 0 Å². The molecule has 2 aromatic rings. The van der Waals surface area contributed by atoms with Gasteiger partial charge in [0.1, 0.15) is 0 Å². The fraction of sp³-hybridized carbons (Fsp3) is 0.286. The van der Waals surface area contributed by atoms with E-state index >= 15 is 0 Å². The van der Waals surface area contributed by atoms with E-state index in [9.17, 15) is 0 Å². The normalized spacial score (nSPS) is 9.53. The lowest BCUT2D eigenvalue weighted by atomic mass is 10.1. The summed E-state index contributed by atoms with van der Waals surface area (Å²) in [5.74, 6) is 0.722. The third-order valence-electron chi connectivity index (χ3n) is 2.22. The van der Waals surface area contributed by atoms with Crippen LogP contribution in [0.4, 0.5) is 0 Å². The minimum atomic E-state index is 0.722. The van der Waals surface area contributed by atoms with E-state index < -0.39 is 0 Å². The molecule has 0 unspecified atom stereocenters. The highest BCUT2D eigenvalue weighted by molar-refractivity contribution is 6.17. The van der Waals surface area contributed by atoms with Gasteiger partial charge < -0.3 is 0 Å². The van der Waals surface area contributed by atoms with Gasteiger partial charge in [0.05, 0.1) is 0 Å². The lowest BCUT2D eigenvalue weighted by Gasteiger charge is -1.99. The van der Waals surface area contributed by atoms with E-state index in [0.29, 0.717) is 0 Å². The summed E-state index contributed by atoms with van der Waals surface area (Å²) in [7, 11) is 0. The molecular formula is C14H17Cl. The number of halogens is 1. The lowest BCUT2D eigenvalue weighted by Crippen LogP contribution is -1.79. The van der Waals surface area contributed by atoms with Crippen molar-refractivity contribution in [3.8, 4) is 0 Å². The van der Waals surface area contributed by atoms with Gasteiger partial charge in [0, 0.05) is 5.88 Å². The van der Waals surface area contributed by atoms with E-state index in [4.69, 9.17) is 11.6 Å². The SMILES string of the molecule is CCCl.CCc1ccc2ccccc2c1. The molecule has 0 saturated heterocycles. The van der Waals surface area contributed by atoms with Crippen LogP contribution in [0.2, 0.25) is 0 Å². The topological polar surface area (TPSA) is 0 Å². The Labute approximate surface area is 96.9 Å². The Kier molecular flexibility index (Phi) is 5.20. The molecule has 0 saturated carbocycles. The Morgan fingerprint density at radius 2 is 1.53 bits per heavy atom. The summed E-state index contributed by atoms with van der Waals surface area (Å²) in [5, 5.41) is 2.67. The molecule has 0 spiro atoms. The molecule has 0 radical (unpaired) electrons. The summed E-state index contributed by atoms with van der Waals surface area (Å²) < 4.78 is 0. The van der Waals surface area contributed by atoms with Crippen LogP contribution >= 0.6 is 11.6 Å². The van der Waals surface area contributed by atoms with Crippen LogP contribution in [-0.4, -0.2) is 5.88 Å². The molecule has 0 N–H and O–H groups in total. The van der Waals surface area contributed by atoms with Gasteiger partial charge in [-0.2, -0.15) is 0 Å². The largest absolute Gasteiger partial charge is 0.127 e. The van der Waals surface area contributed by atoms with Crippen LogP contribution in [0.25, 0.3) is 10.8 Å². The van der Waals surface area contributed by atoms with Crippen molar-refractivity contribution in [1.29, 1.82) is 0 Å². The Bertz CT molecular complexity index is 407. The van der Waals surface area contributed by atoms with Gasteiger partial charge in [0.2, 0.25) is 0 Å². The molecule has 2 aromatic carbocycles. The maximum atomic E-state index is 5.00. The summed E-state index contributed by atoms with van der Waals surface area (Å²) in [5.41, 5.74) is 1.41. The molecule has 0 aromatic heterocycles. The number of fused-ring (bicyclic) bond motifs is 1. The molecule has 0 fully saturated rings. The lowest BCUT2D eigenvalue weighted by molar-refractivity contribution is 1.15. The predicted octanol–water partition coefficient (Wildman–Crippen LogP) is 4.65. The second kappa shape index (κ2) is 6.47. The van der Waals surface area contributed by atoms with Crippen LogP contribution in [0.5, 0.6) is 0 Å². The molecule has 0 bridgehead atoms. The number of benzene rings is 2. The number of aryl methyl sites for hydroxylation is 1. The van der Waals surface area contributed by atoms with Gasteiger partial charge in [0.15, 0.2) is 0 Å². The van der Waals surface area contributed by atoms with E-state index in [1.165, 1.54) is 16.3 Å². The monoisotopic (exact) mass is 220 g/mol. The maximum absolute atomic E-state index is 5.00. The van der Waals surface area contributed by atoms with Crippen molar-refractivity contribution in [2.24, 2.45) is 0 Å². The van der Waals surface area contributed by atoms with E-state index in [2.05, 4.69) is 49.4 Å². The zero-order valence-corrected chi connectivity index (χ0v) is 10.1. The molecule has 0 heterocycles. The zero-order chi connectivity index (χ0) is 11.1. The third-order valence-corrected chi connectivity index (χ3v) is 2.22. The van der Waals surface area contributed by atoms with Crippen LogP contribution in [0.15, 0.2) is 42.5 Å². The number of hydrogen-bond acceptors (Lipinski definition) is 0. The van der Waals surface area contributed by atoms with Crippen LogP contribution in [0.3, 0.4) is 0 Å². The molecule has 0 nitrogen and oxygen atoms in total. The molecule has 0 atom stereocenters. The van der Waals surface area contributed by atoms with Gasteiger partial charge in [-0.05, 0) is 22.8 Å². The van der Waals surface area contributed by atoms with E-state index in [-0.39, 0.29) is 0 Å². The second-order valence-electron chi connectivity index (χ2n) is 3.30. The van der Waals surface area contributed by atoms with Crippen LogP contribution < -0.4 is 0 Å². The molecule has 80 valence electrons. The number of rotatable bonds is 1. The van der Waals surface area contributed by atoms with E-state index in [1.807, 2.05) is 6.92 Å². The number of alkyl halides is 1. The highest BCUT2D eigenvalue weighted by atomic mass is 35.5. The minimum absolute atomic E-state index is 0.722. The molecule has 0 amide bonds. The van der Waals surface area contributed by atoms with Gasteiger partial charge >= 0.3 is 0 Å². The average molecular weight is 221 g/mol. The molecule has 0 aliphatic rings. The summed E-state index contributed by atoms with van der Waals surface area (Å²) in [4.78, 5) is 0. The molecule has 1 heteroatoms. The molecule has 0 aliphatic heterocycles. The Balaban J connectivity index is 0.000000337. The second-order valence-corrected chi connectivity index (χ2v) is 3.84. The smallest absolute Gasteiger partial charge is 0.0195 e. The first-order valence-corrected chi connectivity index (χ1v) is 5.88. The standard InChI is InChI=1S/C12H12.C2H5Cl/c1-2-10-7-8-11-5-3-4-6-12(11)9-10;1-2-3/h3-9H,2H2,1H3;2H2,1H3. The minimum Gasteiger partial charge on any atom is -0.127 e. The summed E-state index contributed by atoms with van der Waals surface area (Å²) >= 11 is 5.00. The van der Waals surface area contributed by atoms with Crippen molar-refractivity contribution in [3.63, 3.8) is 0 Å². The van der Waals surface area contributed by atoms with Crippen molar-refractivity contribution in [3.05, 3.63) is 48.0 Å². The zero-order valence-electron chi connectivity index (χ0n) is 9.33.